The standard InChI is InChI=1S/C80H100Cl2N9O24PS/c1-52(2)74(86-69(93)23-30-107-34-36-109-38-40-111-42-43-112-41-39-110-37-35-108-33-29-89-70(94)21-22-71(89)95)64(92)44-54(10-9-24-84-78(83)99)75(96)85-57-17-15-53(16-18-57)51-113-79(100)87(27-31-105-3)25-26-88(28-32-106-4)80(101)114-65-45-62-72(60-13-7-5-11-58(60)65)55(47-81)49-90(62)76(97)67-19-20-68(117-67)77(98)91-50-56(48-82)73-61-14-8-6-12-59(61)66(46-63(73)91)115-116(102,103)104/h5-8,11-22,45-46,52,54-56,74H,9-10,23-44,47-51H2,1-4H3,(H,85,96)(H,86,93)(H3,83,84,99)(H2,102,103,104)/t54-,55-,56-,74+/m1/s1. The molecule has 0 unspecified atom stereocenters. The second kappa shape index (κ2) is 46.2. The molecule has 5 aromatic carbocycles. The number of nitrogens with two attached hydrogens (primary N) is 1. The Morgan fingerprint density at radius 2 is 1.09 bits per heavy atom. The first kappa shape index (κ1) is 91.7. The number of phosphoric ester groups is 1. The third kappa shape index (κ3) is 26.6. The first-order valence-corrected chi connectivity index (χ1v) is 41.7. The molecule has 0 radical (unpaired) electrons. The van der Waals surface area contributed by atoms with Gasteiger partial charge in [0, 0.05) is 143 Å². The molecule has 7 N–H and O–H groups in total. The van der Waals surface area contributed by atoms with Crippen molar-refractivity contribution >= 4 is 140 Å². The molecular weight excluding hydrogens is 1600 g/mol. The Balaban J connectivity index is 0.733. The molecule has 3 aliphatic heterocycles. The largest absolute Gasteiger partial charge is 0.524 e. The highest BCUT2D eigenvalue weighted by atomic mass is 35.5. The number of urea groups is 1. The Kier molecular flexibility index (Phi) is 36.2. The number of halogens is 2. The van der Waals surface area contributed by atoms with Crippen molar-refractivity contribution in [1.29, 1.82) is 0 Å². The fraction of sp³-hybridized carbons (Fsp3) is 0.475. The monoisotopic (exact) mass is 1700 g/mol. The number of nitrogens with zero attached hydrogens (tertiary/aromatic N) is 5. The van der Waals surface area contributed by atoms with Crippen molar-refractivity contribution in [3.05, 3.63) is 136 Å². The molecule has 0 saturated carbocycles. The number of carbonyl (C=O) groups excluding carboxylic acids is 10. The molecule has 0 fully saturated rings. The van der Waals surface area contributed by atoms with E-state index in [1.807, 2.05) is 12.1 Å². The molecule has 0 saturated heterocycles. The number of hydrogen-bond donors (Lipinski definition) is 6. The van der Waals surface area contributed by atoms with Gasteiger partial charge in [0.25, 0.3) is 23.6 Å². The molecule has 117 heavy (non-hydrogen) atoms. The number of rotatable bonds is 50. The van der Waals surface area contributed by atoms with Gasteiger partial charge in [0.2, 0.25) is 11.8 Å². The van der Waals surface area contributed by atoms with E-state index in [1.165, 1.54) is 47.1 Å². The highest BCUT2D eigenvalue weighted by Crippen LogP contribution is 2.51. The van der Waals surface area contributed by atoms with Crippen LogP contribution in [0.3, 0.4) is 0 Å². The van der Waals surface area contributed by atoms with Gasteiger partial charge >= 0.3 is 26.0 Å². The summed E-state index contributed by atoms with van der Waals surface area (Å²) in [5, 5.41) is 10.5. The van der Waals surface area contributed by atoms with Crippen molar-refractivity contribution in [1.82, 2.24) is 25.3 Å². The fourth-order valence-corrected chi connectivity index (χ4v) is 15.3. The van der Waals surface area contributed by atoms with E-state index in [9.17, 15) is 62.3 Å². The number of benzene rings is 5. The number of nitrogens with one attached hydrogen (secondary N) is 3. The van der Waals surface area contributed by atoms with Gasteiger partial charge in [-0.2, -0.15) is 0 Å². The second-order valence-corrected chi connectivity index (χ2v) is 30.6. The third-order valence-electron chi connectivity index (χ3n) is 19.3. The predicted molar refractivity (Wildman–Crippen MR) is 435 cm³/mol. The van der Waals surface area contributed by atoms with Crippen LogP contribution in [-0.2, 0) is 77.8 Å². The van der Waals surface area contributed by atoms with E-state index < -0.39 is 61.6 Å². The zero-order valence-electron chi connectivity index (χ0n) is 65.6. The average molecular weight is 1710 g/mol. The zero-order valence-corrected chi connectivity index (χ0v) is 68.8. The molecule has 0 spiro atoms. The van der Waals surface area contributed by atoms with Crippen molar-refractivity contribution in [3.63, 3.8) is 0 Å². The minimum atomic E-state index is -5.03. The maximum atomic E-state index is 14.9. The van der Waals surface area contributed by atoms with Crippen LogP contribution in [-0.4, -0.2) is 261 Å². The number of amides is 10. The van der Waals surface area contributed by atoms with Gasteiger partial charge < -0.3 is 93.2 Å². The van der Waals surface area contributed by atoms with E-state index in [0.717, 1.165) is 21.8 Å². The van der Waals surface area contributed by atoms with Crippen molar-refractivity contribution in [2.75, 3.05) is 186 Å². The lowest BCUT2D eigenvalue weighted by Crippen LogP contribution is -2.45. The van der Waals surface area contributed by atoms with Crippen LogP contribution in [0.15, 0.2) is 109 Å². The van der Waals surface area contributed by atoms with Crippen molar-refractivity contribution in [2.45, 2.75) is 64.0 Å². The molecule has 0 aliphatic carbocycles. The van der Waals surface area contributed by atoms with Crippen molar-refractivity contribution < 1.29 is 114 Å². The quantitative estimate of drug-likeness (QED) is 0.00899. The summed E-state index contributed by atoms with van der Waals surface area (Å²) < 4.78 is 73.1. The number of ether oxygens (including phenoxy) is 10. The van der Waals surface area contributed by atoms with Gasteiger partial charge in [-0.05, 0) is 70.5 Å². The van der Waals surface area contributed by atoms with Gasteiger partial charge in [0.1, 0.15) is 18.1 Å². The van der Waals surface area contributed by atoms with Crippen molar-refractivity contribution in [3.8, 4) is 11.5 Å². The number of anilines is 3. The molecule has 37 heteroatoms. The molecule has 4 heterocycles. The Bertz CT molecular complexity index is 4480. The lowest BCUT2D eigenvalue weighted by atomic mass is 9.89. The summed E-state index contributed by atoms with van der Waals surface area (Å²) in [4.78, 5) is 161. The summed E-state index contributed by atoms with van der Waals surface area (Å²) in [5.74, 6) is -4.59. The lowest BCUT2D eigenvalue weighted by Gasteiger charge is -2.27. The van der Waals surface area contributed by atoms with Crippen molar-refractivity contribution in [2.24, 2.45) is 17.6 Å². The summed E-state index contributed by atoms with van der Waals surface area (Å²) in [5.41, 5.74) is 8.47. The van der Waals surface area contributed by atoms with Gasteiger partial charge in [-0.3, -0.25) is 48.2 Å². The molecule has 1 aromatic heterocycles. The smallest absolute Gasteiger partial charge is 0.445 e. The maximum Gasteiger partial charge on any atom is 0.524 e. The molecule has 4 atom stereocenters. The van der Waals surface area contributed by atoms with Crippen LogP contribution in [0.25, 0.3) is 21.5 Å². The average Bonchev–Trinajstić information content (AvgIpc) is 1.61. The van der Waals surface area contributed by atoms with Crippen LogP contribution < -0.4 is 40.7 Å². The minimum absolute atomic E-state index is 0.0358. The number of Topliss-reactive ketones (excluding diaryl/α,β-unsaturated/α-hetero) is 1. The van der Waals surface area contributed by atoms with Gasteiger partial charge in [0.15, 0.2) is 5.78 Å². The summed E-state index contributed by atoms with van der Waals surface area (Å²) in [6.07, 6.45) is 1.12. The Morgan fingerprint density at radius 1 is 0.615 bits per heavy atom. The highest BCUT2D eigenvalue weighted by molar-refractivity contribution is 7.46. The summed E-state index contributed by atoms with van der Waals surface area (Å²) >= 11 is 14.2. The number of thiophene rings is 1. The lowest BCUT2D eigenvalue weighted by molar-refractivity contribution is -0.137. The Labute approximate surface area is 691 Å². The molecule has 10 amide bonds. The predicted octanol–water partition coefficient (Wildman–Crippen LogP) is 8.74. The van der Waals surface area contributed by atoms with Crippen LogP contribution in [0.1, 0.15) is 87.4 Å². The number of carbonyl (C=O) groups is 10. The van der Waals surface area contributed by atoms with Gasteiger partial charge in [-0.15, -0.1) is 34.5 Å². The van der Waals surface area contributed by atoms with Gasteiger partial charge in [-0.1, -0.05) is 74.5 Å². The van der Waals surface area contributed by atoms with Crippen LogP contribution >= 0.6 is 42.4 Å². The number of hydrogen-bond acceptors (Lipinski definition) is 23. The van der Waals surface area contributed by atoms with E-state index in [-0.39, 0.29) is 186 Å². The van der Waals surface area contributed by atoms with E-state index in [1.54, 1.807) is 97.6 Å². The number of alkyl halides is 2. The number of primary amides is 1. The van der Waals surface area contributed by atoms with Crippen LogP contribution in [0, 0.1) is 11.8 Å². The Hall–Kier alpha value is -9.23. The van der Waals surface area contributed by atoms with E-state index in [4.69, 9.17) is 80.8 Å². The van der Waals surface area contributed by atoms with Crippen LogP contribution in [0.4, 0.5) is 31.4 Å². The zero-order chi connectivity index (χ0) is 84.0. The molecule has 9 rings (SSSR count). The molecule has 0 bridgehead atoms. The van der Waals surface area contributed by atoms with E-state index in [0.29, 0.717) is 109 Å². The molecular formula is C80H100Cl2N9O24PS. The maximum absolute atomic E-state index is 14.9. The number of ketones is 1. The number of fused-ring (bicyclic) bond motifs is 6. The van der Waals surface area contributed by atoms with E-state index in [2.05, 4.69) is 16.0 Å². The first-order chi connectivity index (χ1) is 56.4. The summed E-state index contributed by atoms with van der Waals surface area (Å²) in [7, 11) is -2.08. The normalized spacial score (nSPS) is 14.9. The SMILES string of the molecule is COCCN(CCN(CCOC)C(=O)Oc1cc2c(c3ccccc13)[C@H](CCl)CN2C(=O)c1ccc(C(=O)N2C[C@@H](CCl)c3c2cc(OP(=O)(O)O)c2ccccc32)s1)C(=O)OCc1ccc(NC(=O)[C@H](CCCNC(N)=O)CC(=O)[C@@H](NC(=O)CCOCCOCCOCCOCCOCCOCCN2C(=O)C=CC2=O)C(C)C)cc1. The topological polar surface area (TPSA) is 408 Å². The third-order valence-corrected chi connectivity index (χ3v) is 21.5. The molecule has 634 valence electrons. The van der Waals surface area contributed by atoms with Crippen LogP contribution in [0.2, 0.25) is 0 Å². The minimum Gasteiger partial charge on any atom is -0.445 e. The Morgan fingerprint density at radius 3 is 1.58 bits per heavy atom. The molecule has 6 aromatic rings. The first-order valence-electron chi connectivity index (χ1n) is 38.3. The number of imide groups is 1. The summed E-state index contributed by atoms with van der Waals surface area (Å²) in [6.45, 7) is 7.62. The number of methoxy groups -OCH3 is 2. The van der Waals surface area contributed by atoms with Gasteiger partial charge in [-0.25, -0.2) is 18.9 Å². The number of phosphoric acid groups is 1. The fourth-order valence-electron chi connectivity index (χ4n) is 13.4. The highest BCUT2D eigenvalue weighted by Gasteiger charge is 2.40. The van der Waals surface area contributed by atoms with Crippen LogP contribution in [0.5, 0.6) is 11.5 Å². The second-order valence-electron chi connectivity index (χ2n) is 27.7. The summed E-state index contributed by atoms with van der Waals surface area (Å²) in [6, 6.07) is 25.1. The molecule has 3 aliphatic rings. The van der Waals surface area contributed by atoms with E-state index >= 15 is 0 Å². The molecule has 33 nitrogen and oxygen atoms in total. The van der Waals surface area contributed by atoms with Gasteiger partial charge in [0.05, 0.1) is 126 Å².